The average Bonchev–Trinajstić information content (AvgIpc) is 2.27. The summed E-state index contributed by atoms with van der Waals surface area (Å²) < 4.78 is 0. The molecule has 0 fully saturated rings. The highest BCUT2D eigenvalue weighted by Gasteiger charge is 2.18. The summed E-state index contributed by atoms with van der Waals surface area (Å²) in [7, 11) is 1.97. The van der Waals surface area contributed by atoms with Crippen LogP contribution in [0.3, 0.4) is 0 Å². The van der Waals surface area contributed by atoms with Gasteiger partial charge in [0.15, 0.2) is 0 Å². The molecule has 0 bridgehead atoms. The van der Waals surface area contributed by atoms with Gasteiger partial charge in [-0.2, -0.15) is 0 Å². The lowest BCUT2D eigenvalue weighted by molar-refractivity contribution is -0.119. The lowest BCUT2D eigenvalue weighted by atomic mass is 10.1. The monoisotopic (exact) mass is 249 g/mol. The van der Waals surface area contributed by atoms with Crippen LogP contribution in [0, 0.1) is 6.92 Å². The Balaban J connectivity index is 2.75. The largest absolute Gasteiger partial charge is 0.372 e. The third-order valence-corrected chi connectivity index (χ3v) is 2.86. The van der Waals surface area contributed by atoms with Gasteiger partial charge >= 0.3 is 0 Å². The molecule has 1 amide bonds. The van der Waals surface area contributed by atoms with E-state index in [9.17, 15) is 4.79 Å². The first-order valence-electron chi connectivity index (χ1n) is 6.24. The van der Waals surface area contributed by atoms with E-state index in [0.29, 0.717) is 6.54 Å². The second-order valence-corrected chi connectivity index (χ2v) is 4.94. The zero-order chi connectivity index (χ0) is 13.7. The Morgan fingerprint density at radius 2 is 2.00 bits per heavy atom. The zero-order valence-corrected chi connectivity index (χ0v) is 11.6. The Morgan fingerprint density at radius 1 is 1.39 bits per heavy atom. The lowest BCUT2D eigenvalue weighted by Gasteiger charge is -2.27. The maximum absolute atomic E-state index is 11.4. The zero-order valence-electron chi connectivity index (χ0n) is 11.6. The van der Waals surface area contributed by atoms with Crippen LogP contribution in [0.25, 0.3) is 0 Å². The van der Waals surface area contributed by atoms with Crippen LogP contribution in [0.2, 0.25) is 0 Å². The number of primary amides is 1. The molecule has 18 heavy (non-hydrogen) atoms. The number of carbonyl (C=O) groups is 1. The topological polar surface area (TPSA) is 58.4 Å². The molecule has 0 saturated heterocycles. The Labute approximate surface area is 109 Å². The third kappa shape index (κ3) is 4.04. The van der Waals surface area contributed by atoms with Crippen molar-refractivity contribution in [3.05, 3.63) is 29.8 Å². The number of hydrogen-bond donors (Lipinski definition) is 2. The molecule has 0 spiro atoms. The van der Waals surface area contributed by atoms with Crippen LogP contribution < -0.4 is 16.0 Å². The minimum atomic E-state index is -0.338. The molecule has 4 nitrogen and oxygen atoms in total. The summed E-state index contributed by atoms with van der Waals surface area (Å²) in [4.78, 5) is 13.5. The summed E-state index contributed by atoms with van der Waals surface area (Å²) in [5, 5.41) is 3.18. The number of carbonyl (C=O) groups excluding carboxylic acids is 1. The number of nitrogens with zero attached hydrogens (tertiary/aromatic N) is 1. The van der Waals surface area contributed by atoms with Gasteiger partial charge in [-0.15, -0.1) is 0 Å². The highest BCUT2D eigenvalue weighted by atomic mass is 16.1. The summed E-state index contributed by atoms with van der Waals surface area (Å²) in [6.45, 7) is 6.63. The van der Waals surface area contributed by atoms with Gasteiger partial charge in [0.1, 0.15) is 6.04 Å². The van der Waals surface area contributed by atoms with Crippen LogP contribution in [0.1, 0.15) is 19.4 Å². The van der Waals surface area contributed by atoms with Crippen LogP contribution in [0.5, 0.6) is 0 Å². The van der Waals surface area contributed by atoms with Crippen LogP contribution in [-0.2, 0) is 4.79 Å². The van der Waals surface area contributed by atoms with E-state index < -0.39 is 0 Å². The number of amides is 1. The number of nitrogens with two attached hydrogens (primary N) is 1. The molecule has 0 aromatic heterocycles. The number of benzene rings is 1. The van der Waals surface area contributed by atoms with Crippen molar-refractivity contribution in [2.24, 2.45) is 5.73 Å². The van der Waals surface area contributed by atoms with Crippen molar-refractivity contribution >= 4 is 11.6 Å². The fraction of sp³-hybridized carbons (Fsp3) is 0.500. The van der Waals surface area contributed by atoms with E-state index in [2.05, 4.69) is 23.2 Å². The van der Waals surface area contributed by atoms with Gasteiger partial charge in [-0.3, -0.25) is 4.79 Å². The lowest BCUT2D eigenvalue weighted by Crippen LogP contribution is -2.50. The van der Waals surface area contributed by atoms with Crippen LogP contribution >= 0.6 is 0 Å². The highest BCUT2D eigenvalue weighted by Crippen LogP contribution is 2.17. The van der Waals surface area contributed by atoms with E-state index in [0.717, 1.165) is 5.69 Å². The number of para-hydroxylation sites is 1. The molecule has 1 unspecified atom stereocenters. The first-order valence-corrected chi connectivity index (χ1v) is 6.24. The molecule has 4 heteroatoms. The molecule has 3 N–H and O–H groups in total. The normalized spacial score (nSPS) is 12.5. The number of likely N-dealkylation sites (N-methyl/N-ethyl adjacent to an activating group) is 1. The SMILES string of the molecule is Cc1ccccc1N(C)CC(NC(C)C)C(N)=O. The molecule has 0 saturated carbocycles. The molecule has 1 atom stereocenters. The smallest absolute Gasteiger partial charge is 0.236 e. The maximum atomic E-state index is 11.4. The molecule has 1 rings (SSSR count). The van der Waals surface area contributed by atoms with Gasteiger partial charge in [-0.05, 0) is 18.6 Å². The highest BCUT2D eigenvalue weighted by molar-refractivity contribution is 5.80. The Bertz CT molecular complexity index is 404. The molecule has 1 aromatic carbocycles. The van der Waals surface area contributed by atoms with E-state index in [4.69, 9.17) is 5.73 Å². The van der Waals surface area contributed by atoms with Crippen LogP contribution in [-0.4, -0.2) is 31.6 Å². The first kappa shape index (κ1) is 14.5. The predicted molar refractivity (Wildman–Crippen MR) is 75.7 cm³/mol. The maximum Gasteiger partial charge on any atom is 0.236 e. The molecule has 0 radical (unpaired) electrons. The van der Waals surface area contributed by atoms with Crippen molar-refractivity contribution in [3.8, 4) is 0 Å². The predicted octanol–water partition coefficient (Wildman–Crippen LogP) is 1.28. The molecule has 1 aromatic rings. The molecular formula is C14H23N3O. The molecule has 0 heterocycles. The van der Waals surface area contributed by atoms with Gasteiger partial charge in [0.25, 0.3) is 0 Å². The molecule has 0 aliphatic carbocycles. The third-order valence-electron chi connectivity index (χ3n) is 2.86. The summed E-state index contributed by atoms with van der Waals surface area (Å²) in [6.07, 6.45) is 0. The number of nitrogens with one attached hydrogen (secondary N) is 1. The number of hydrogen-bond acceptors (Lipinski definition) is 3. The molecule has 100 valence electrons. The number of anilines is 1. The van der Waals surface area contributed by atoms with E-state index in [1.54, 1.807) is 0 Å². The van der Waals surface area contributed by atoms with Crippen molar-refractivity contribution in [2.45, 2.75) is 32.9 Å². The summed E-state index contributed by atoms with van der Waals surface area (Å²) in [5.41, 5.74) is 7.73. The fourth-order valence-electron chi connectivity index (χ4n) is 1.99. The average molecular weight is 249 g/mol. The molecule has 0 aliphatic heterocycles. The van der Waals surface area contributed by atoms with Crippen LogP contribution in [0.15, 0.2) is 24.3 Å². The van der Waals surface area contributed by atoms with Gasteiger partial charge in [-0.1, -0.05) is 32.0 Å². The van der Waals surface area contributed by atoms with E-state index in [1.165, 1.54) is 5.56 Å². The van der Waals surface area contributed by atoms with Crippen molar-refractivity contribution in [1.82, 2.24) is 5.32 Å². The van der Waals surface area contributed by atoms with E-state index >= 15 is 0 Å². The van der Waals surface area contributed by atoms with E-state index in [-0.39, 0.29) is 18.0 Å². The van der Waals surface area contributed by atoms with Crippen molar-refractivity contribution < 1.29 is 4.79 Å². The minimum Gasteiger partial charge on any atom is -0.372 e. The van der Waals surface area contributed by atoms with Crippen molar-refractivity contribution in [1.29, 1.82) is 0 Å². The number of rotatable bonds is 6. The Kier molecular flexibility index (Phi) is 5.16. The van der Waals surface area contributed by atoms with Gasteiger partial charge in [0.2, 0.25) is 5.91 Å². The summed E-state index contributed by atoms with van der Waals surface area (Å²) >= 11 is 0. The first-order chi connectivity index (χ1) is 8.41. The minimum absolute atomic E-state index is 0.229. The van der Waals surface area contributed by atoms with Gasteiger partial charge in [0.05, 0.1) is 0 Å². The van der Waals surface area contributed by atoms with Gasteiger partial charge in [0, 0.05) is 25.3 Å². The second kappa shape index (κ2) is 6.40. The number of aryl methyl sites for hydroxylation is 1. The Hall–Kier alpha value is -1.55. The van der Waals surface area contributed by atoms with Crippen LogP contribution in [0.4, 0.5) is 5.69 Å². The van der Waals surface area contributed by atoms with E-state index in [1.807, 2.05) is 39.1 Å². The molecule has 0 aliphatic rings. The quantitative estimate of drug-likeness (QED) is 0.798. The van der Waals surface area contributed by atoms with Gasteiger partial charge in [-0.25, -0.2) is 0 Å². The van der Waals surface area contributed by atoms with Crippen molar-refractivity contribution in [2.75, 3.05) is 18.5 Å². The van der Waals surface area contributed by atoms with Gasteiger partial charge < -0.3 is 16.0 Å². The summed E-state index contributed by atoms with van der Waals surface area (Å²) in [5.74, 6) is -0.316. The fourth-order valence-corrected chi connectivity index (χ4v) is 1.99. The Morgan fingerprint density at radius 3 is 2.50 bits per heavy atom. The van der Waals surface area contributed by atoms with Crippen molar-refractivity contribution in [3.63, 3.8) is 0 Å². The summed E-state index contributed by atoms with van der Waals surface area (Å²) in [6, 6.07) is 7.99. The standard InChI is InChI=1S/C14H23N3O/c1-10(2)16-12(14(15)18)9-17(4)13-8-6-5-7-11(13)3/h5-8,10,12,16H,9H2,1-4H3,(H2,15,18). The second-order valence-electron chi connectivity index (χ2n) is 4.94. The molecular weight excluding hydrogens is 226 g/mol.